The molecule has 1 aromatic rings. The van der Waals surface area contributed by atoms with E-state index in [0.717, 1.165) is 0 Å². The van der Waals surface area contributed by atoms with Crippen LogP contribution in [0, 0.1) is 0 Å². The number of nitrogens with zero attached hydrogens (tertiary/aromatic N) is 2. The van der Waals surface area contributed by atoms with Gasteiger partial charge < -0.3 is 14.6 Å². The zero-order valence-corrected chi connectivity index (χ0v) is 10.5. The Bertz CT molecular complexity index is 337. The third-order valence-corrected chi connectivity index (χ3v) is 2.46. The van der Waals surface area contributed by atoms with Gasteiger partial charge >= 0.3 is 0 Å². The van der Waals surface area contributed by atoms with Gasteiger partial charge in [-0.15, -0.1) is 0 Å². The highest BCUT2D eigenvalue weighted by atomic mass is 19.3. The van der Waals surface area contributed by atoms with Crippen LogP contribution in [0.25, 0.3) is 0 Å². The molecular weight excluding hydrogens is 246 g/mol. The summed E-state index contributed by atoms with van der Waals surface area (Å²) < 4.78 is 35.1. The molecule has 0 fully saturated rings. The van der Waals surface area contributed by atoms with E-state index >= 15 is 0 Å². The molecule has 5 nitrogen and oxygen atoms in total. The average molecular weight is 264 g/mol. The number of aryl methyl sites for hydroxylation is 1. The summed E-state index contributed by atoms with van der Waals surface area (Å²) in [7, 11) is 1.49. The van der Waals surface area contributed by atoms with E-state index in [1.54, 1.807) is 4.68 Å². The summed E-state index contributed by atoms with van der Waals surface area (Å²) in [5.74, 6) is 0.484. The minimum atomic E-state index is -2.49. The van der Waals surface area contributed by atoms with Gasteiger partial charge in [-0.05, 0) is 6.92 Å². The summed E-state index contributed by atoms with van der Waals surface area (Å²) in [6.45, 7) is 1.92. The Balaban J connectivity index is 2.54. The lowest BCUT2D eigenvalue weighted by Gasteiger charge is -2.14. The largest absolute Gasteiger partial charge is 0.493 e. The summed E-state index contributed by atoms with van der Waals surface area (Å²) in [4.78, 5) is 0. The standard InChI is InChI=1S/C11H18F2N2O3/c1-3-15-11(9(17-2)6-14-15)8(16)4-5-18-7-10(12)13/h6,8,10,16H,3-5,7H2,1-2H3. The molecule has 0 aliphatic heterocycles. The minimum absolute atomic E-state index is 0.0591. The van der Waals surface area contributed by atoms with Crippen LogP contribution >= 0.6 is 0 Å². The maximum atomic E-state index is 11.8. The summed E-state index contributed by atoms with van der Waals surface area (Å²) in [6, 6.07) is 0. The lowest BCUT2D eigenvalue weighted by Crippen LogP contribution is -2.13. The summed E-state index contributed by atoms with van der Waals surface area (Å²) in [5.41, 5.74) is 0.542. The van der Waals surface area contributed by atoms with Gasteiger partial charge in [-0.25, -0.2) is 8.78 Å². The number of rotatable bonds is 8. The van der Waals surface area contributed by atoms with Gasteiger partial charge in [0.05, 0.1) is 13.3 Å². The molecule has 1 N–H and O–H groups in total. The Kier molecular flexibility index (Phi) is 6.00. The molecule has 0 saturated heterocycles. The van der Waals surface area contributed by atoms with Crippen molar-refractivity contribution < 1.29 is 23.4 Å². The van der Waals surface area contributed by atoms with Gasteiger partial charge in [-0.1, -0.05) is 0 Å². The Hall–Kier alpha value is -1.21. The van der Waals surface area contributed by atoms with E-state index in [9.17, 15) is 13.9 Å². The molecule has 0 amide bonds. The molecule has 1 unspecified atom stereocenters. The smallest absolute Gasteiger partial charge is 0.261 e. The molecule has 0 spiro atoms. The van der Waals surface area contributed by atoms with Crippen LogP contribution < -0.4 is 4.74 Å². The van der Waals surface area contributed by atoms with Crippen molar-refractivity contribution in [3.8, 4) is 5.75 Å². The van der Waals surface area contributed by atoms with Crippen LogP contribution in [0.2, 0.25) is 0 Å². The maximum Gasteiger partial charge on any atom is 0.261 e. The maximum absolute atomic E-state index is 11.8. The second-order valence-corrected chi connectivity index (χ2v) is 3.68. The normalized spacial score (nSPS) is 13.0. The molecule has 0 aromatic carbocycles. The second-order valence-electron chi connectivity index (χ2n) is 3.68. The van der Waals surface area contributed by atoms with Crippen molar-refractivity contribution >= 4 is 0 Å². The van der Waals surface area contributed by atoms with Gasteiger partial charge in [0.1, 0.15) is 18.4 Å². The van der Waals surface area contributed by atoms with E-state index < -0.39 is 19.1 Å². The monoisotopic (exact) mass is 264 g/mol. The van der Waals surface area contributed by atoms with Crippen LogP contribution in [0.1, 0.15) is 25.1 Å². The fourth-order valence-electron chi connectivity index (χ4n) is 1.63. The van der Waals surface area contributed by atoms with Crippen molar-refractivity contribution in [3.63, 3.8) is 0 Å². The van der Waals surface area contributed by atoms with Crippen molar-refractivity contribution in [2.45, 2.75) is 32.4 Å². The lowest BCUT2D eigenvalue weighted by atomic mass is 10.2. The van der Waals surface area contributed by atoms with Crippen molar-refractivity contribution in [3.05, 3.63) is 11.9 Å². The molecule has 1 aromatic heterocycles. The molecular formula is C11H18F2N2O3. The first-order chi connectivity index (χ1) is 8.60. The van der Waals surface area contributed by atoms with Gasteiger partial charge in [0, 0.05) is 19.6 Å². The van der Waals surface area contributed by atoms with Gasteiger partial charge in [0.2, 0.25) is 0 Å². The number of hydrogen-bond acceptors (Lipinski definition) is 4. The van der Waals surface area contributed by atoms with Crippen molar-refractivity contribution in [2.24, 2.45) is 0 Å². The van der Waals surface area contributed by atoms with Crippen molar-refractivity contribution in [1.82, 2.24) is 9.78 Å². The molecule has 104 valence electrons. The number of hydrogen-bond donors (Lipinski definition) is 1. The summed E-state index contributed by atoms with van der Waals surface area (Å²) in [5, 5.41) is 14.0. The van der Waals surface area contributed by atoms with Gasteiger partial charge in [-0.3, -0.25) is 4.68 Å². The molecule has 1 rings (SSSR count). The van der Waals surface area contributed by atoms with E-state index in [1.807, 2.05) is 6.92 Å². The zero-order chi connectivity index (χ0) is 13.5. The molecule has 0 radical (unpaired) electrons. The zero-order valence-electron chi connectivity index (χ0n) is 10.5. The second kappa shape index (κ2) is 7.27. The lowest BCUT2D eigenvalue weighted by molar-refractivity contribution is 0.00372. The van der Waals surface area contributed by atoms with Gasteiger partial charge in [0.15, 0.2) is 5.75 Å². The molecule has 0 bridgehead atoms. The number of methoxy groups -OCH3 is 1. The van der Waals surface area contributed by atoms with Gasteiger partial charge in [-0.2, -0.15) is 5.10 Å². The first kappa shape index (κ1) is 14.8. The highest BCUT2D eigenvalue weighted by Crippen LogP contribution is 2.26. The van der Waals surface area contributed by atoms with Crippen LogP contribution in [0.15, 0.2) is 6.20 Å². The quantitative estimate of drug-likeness (QED) is 0.725. The Morgan fingerprint density at radius 1 is 1.50 bits per heavy atom. The third kappa shape index (κ3) is 3.92. The Morgan fingerprint density at radius 3 is 2.78 bits per heavy atom. The summed E-state index contributed by atoms with van der Waals surface area (Å²) >= 11 is 0. The molecule has 0 aliphatic rings. The van der Waals surface area contributed by atoms with E-state index in [2.05, 4.69) is 5.10 Å². The van der Waals surface area contributed by atoms with Crippen LogP contribution in [0.5, 0.6) is 5.75 Å². The number of alkyl halides is 2. The molecule has 1 heterocycles. The first-order valence-corrected chi connectivity index (χ1v) is 5.73. The predicted molar refractivity (Wildman–Crippen MR) is 60.9 cm³/mol. The van der Waals surface area contributed by atoms with Crippen LogP contribution in [0.3, 0.4) is 0 Å². The molecule has 0 aliphatic carbocycles. The first-order valence-electron chi connectivity index (χ1n) is 5.73. The van der Waals surface area contributed by atoms with E-state index in [1.165, 1.54) is 13.3 Å². The van der Waals surface area contributed by atoms with Crippen LogP contribution in [-0.2, 0) is 11.3 Å². The highest BCUT2D eigenvalue weighted by molar-refractivity contribution is 5.27. The topological polar surface area (TPSA) is 56.5 Å². The molecule has 7 heteroatoms. The van der Waals surface area contributed by atoms with Gasteiger partial charge in [0.25, 0.3) is 6.43 Å². The minimum Gasteiger partial charge on any atom is -0.493 e. The third-order valence-electron chi connectivity index (χ3n) is 2.46. The number of aliphatic hydroxyl groups excluding tert-OH is 1. The SMILES string of the molecule is CCn1ncc(OC)c1C(O)CCOCC(F)F. The summed E-state index contributed by atoms with van der Waals surface area (Å²) in [6.07, 6.45) is -1.60. The van der Waals surface area contributed by atoms with E-state index in [0.29, 0.717) is 18.0 Å². The fourth-order valence-corrected chi connectivity index (χ4v) is 1.63. The van der Waals surface area contributed by atoms with Crippen molar-refractivity contribution in [2.75, 3.05) is 20.3 Å². The molecule has 1 atom stereocenters. The Morgan fingerprint density at radius 2 is 2.22 bits per heavy atom. The number of aliphatic hydroxyl groups is 1. The number of halogens is 2. The molecule has 18 heavy (non-hydrogen) atoms. The van der Waals surface area contributed by atoms with Crippen LogP contribution in [-0.4, -0.2) is 41.6 Å². The number of ether oxygens (including phenoxy) is 2. The molecule has 0 saturated carbocycles. The highest BCUT2D eigenvalue weighted by Gasteiger charge is 2.19. The fraction of sp³-hybridized carbons (Fsp3) is 0.727. The van der Waals surface area contributed by atoms with E-state index in [-0.39, 0.29) is 13.0 Å². The number of aromatic nitrogens is 2. The van der Waals surface area contributed by atoms with Crippen LogP contribution in [0.4, 0.5) is 8.78 Å². The Labute approximate surface area is 104 Å². The predicted octanol–water partition coefficient (Wildman–Crippen LogP) is 1.62. The average Bonchev–Trinajstić information content (AvgIpc) is 2.76. The van der Waals surface area contributed by atoms with Crippen molar-refractivity contribution in [1.29, 1.82) is 0 Å². The van der Waals surface area contributed by atoms with E-state index in [4.69, 9.17) is 9.47 Å².